The van der Waals surface area contributed by atoms with Crippen molar-refractivity contribution >= 4 is 45.4 Å². The van der Waals surface area contributed by atoms with E-state index in [9.17, 15) is 5.26 Å². The number of thiazole rings is 1. The average Bonchev–Trinajstić information content (AvgIpc) is 2.63. The zero-order chi connectivity index (χ0) is 11.5. The van der Waals surface area contributed by atoms with E-state index in [1.807, 2.05) is 25.2 Å². The number of fused-ring (bicyclic) bond motifs is 1. The van der Waals surface area contributed by atoms with Gasteiger partial charge >= 0.3 is 29.6 Å². The number of aryl methyl sites for hydroxylation is 1. The van der Waals surface area contributed by atoms with E-state index in [0.717, 1.165) is 22.5 Å². The fraction of sp³-hybridized carbons (Fsp3) is 0.222. The molecule has 86 valence electrons. The van der Waals surface area contributed by atoms with Crippen LogP contribution in [0, 0.1) is 0 Å². The van der Waals surface area contributed by atoms with Gasteiger partial charge in [0.1, 0.15) is 11.7 Å². The van der Waals surface area contributed by atoms with Crippen molar-refractivity contribution in [3.05, 3.63) is 18.2 Å². The van der Waals surface area contributed by atoms with E-state index in [4.69, 9.17) is 0 Å². The van der Waals surface area contributed by atoms with Crippen LogP contribution in [0.4, 0.5) is 0 Å². The van der Waals surface area contributed by atoms with Crippen molar-refractivity contribution in [1.29, 1.82) is 0 Å². The summed E-state index contributed by atoms with van der Waals surface area (Å²) in [6, 6.07) is 5.87. The van der Waals surface area contributed by atoms with Crippen LogP contribution < -0.4 is 39.4 Å². The van der Waals surface area contributed by atoms with Gasteiger partial charge in [0.25, 0.3) is 4.34 Å². The quantitative estimate of drug-likeness (QED) is 0.175. The predicted octanol–water partition coefficient (Wildman–Crippen LogP) is -1.32. The van der Waals surface area contributed by atoms with Crippen LogP contribution in [-0.4, -0.2) is 6.26 Å². The molecular weight excluding hydrogens is 289 g/mol. The molecule has 1 aromatic heterocycles. The molecule has 0 radical (unpaired) electrons. The van der Waals surface area contributed by atoms with Crippen LogP contribution in [0.1, 0.15) is 0 Å². The summed E-state index contributed by atoms with van der Waals surface area (Å²) in [5.41, 5.74) is 1.12. The molecule has 0 spiro atoms. The van der Waals surface area contributed by atoms with Crippen molar-refractivity contribution in [3.8, 4) is 0 Å². The average molecular weight is 298 g/mol. The maximum absolute atomic E-state index is 9.73. The maximum atomic E-state index is 9.73. The van der Waals surface area contributed by atoms with E-state index in [-0.39, 0.29) is 29.6 Å². The summed E-state index contributed by atoms with van der Waals surface area (Å²) >= 11 is 4.36. The third-order valence-corrected chi connectivity index (χ3v) is 5.05. The second kappa shape index (κ2) is 7.32. The van der Waals surface area contributed by atoms with E-state index in [0.29, 0.717) is 0 Å². The summed E-state index contributed by atoms with van der Waals surface area (Å²) in [4.78, 5) is 0.837. The van der Waals surface area contributed by atoms with Crippen molar-refractivity contribution < 1.29 is 48.8 Å². The van der Waals surface area contributed by atoms with Crippen molar-refractivity contribution in [3.63, 3.8) is 0 Å². The van der Waals surface area contributed by atoms with Crippen LogP contribution in [0.25, 0.3) is 10.2 Å². The minimum Gasteiger partial charge on any atom is -0.691 e. The van der Waals surface area contributed by atoms with Gasteiger partial charge in [0.15, 0.2) is 0 Å². The molecule has 2 aromatic rings. The molecule has 0 aliphatic rings. The predicted molar refractivity (Wildman–Crippen MR) is 62.8 cm³/mol. The monoisotopic (exact) mass is 298 g/mol. The van der Waals surface area contributed by atoms with Crippen LogP contribution in [0.3, 0.4) is 0 Å². The van der Waals surface area contributed by atoms with Crippen LogP contribution >= 0.6 is 35.1 Å². The maximum Gasteiger partial charge on any atom is 1.00 e. The smallest absolute Gasteiger partial charge is 0.691 e. The van der Waals surface area contributed by atoms with Crippen LogP contribution in [0.2, 0.25) is 0 Å². The Hall–Kier alpha value is 0.690. The molecule has 8 heteroatoms. The third-order valence-electron chi connectivity index (χ3n) is 2.10. The first kappa shape index (κ1) is 15.7. The van der Waals surface area contributed by atoms with Gasteiger partial charge in [0, 0.05) is 11.0 Å². The molecule has 1 aromatic carbocycles. The zero-order valence-electron chi connectivity index (χ0n) is 9.63. The third kappa shape index (κ3) is 3.59. The van der Waals surface area contributed by atoms with Crippen molar-refractivity contribution in [2.24, 2.45) is 7.05 Å². The number of aromatic nitrogens is 1. The SMILES string of the molecule is CSc1sc2ccc(SOO[O-])cc2[n+]1C.[Na+]. The molecule has 17 heavy (non-hydrogen) atoms. The molecule has 0 N–H and O–H groups in total. The number of benzene rings is 1. The summed E-state index contributed by atoms with van der Waals surface area (Å²) in [5.74, 6) is 0. The van der Waals surface area contributed by atoms with E-state index >= 15 is 0 Å². The Morgan fingerprint density at radius 3 is 2.82 bits per heavy atom. The van der Waals surface area contributed by atoms with Gasteiger partial charge in [-0.3, -0.25) is 5.04 Å². The molecule has 0 atom stereocenters. The molecule has 0 saturated heterocycles. The van der Waals surface area contributed by atoms with Crippen molar-refractivity contribution in [1.82, 2.24) is 0 Å². The minimum absolute atomic E-state index is 0. The van der Waals surface area contributed by atoms with Gasteiger partial charge in [-0.2, -0.15) is 8.90 Å². The zero-order valence-corrected chi connectivity index (χ0v) is 14.1. The Labute approximate surface area is 134 Å². The van der Waals surface area contributed by atoms with Crippen LogP contribution in [-0.2, 0) is 16.4 Å². The first-order valence-corrected chi connectivity index (χ1v) is 7.14. The van der Waals surface area contributed by atoms with Gasteiger partial charge in [-0.1, -0.05) is 11.3 Å². The van der Waals surface area contributed by atoms with Gasteiger partial charge in [0.2, 0.25) is 5.52 Å². The Kier molecular flexibility index (Phi) is 6.78. The summed E-state index contributed by atoms with van der Waals surface area (Å²) in [5, 5.41) is 13.1. The second-order valence-electron chi connectivity index (χ2n) is 2.98. The van der Waals surface area contributed by atoms with Gasteiger partial charge in [0.05, 0.1) is 12.0 Å². The van der Waals surface area contributed by atoms with E-state index < -0.39 is 0 Å². The van der Waals surface area contributed by atoms with Gasteiger partial charge in [-0.25, -0.2) is 0 Å². The molecule has 0 saturated carbocycles. The number of rotatable bonds is 4. The van der Waals surface area contributed by atoms with Crippen molar-refractivity contribution in [2.75, 3.05) is 6.26 Å². The fourth-order valence-electron chi connectivity index (χ4n) is 1.39. The summed E-state index contributed by atoms with van der Waals surface area (Å²) in [7, 11) is 2.02. The standard InChI is InChI=1S/C9H9NO3S3.Na/c1-10-7-5-6(16-13-12-11)3-4-8(7)15-9(10)14-2;/h3-5H,1-2H3;/q;+1. The molecule has 4 nitrogen and oxygen atoms in total. The van der Waals surface area contributed by atoms with E-state index in [1.165, 1.54) is 9.04 Å². The second-order valence-corrected chi connectivity index (χ2v) is 5.84. The molecule has 1 heterocycles. The van der Waals surface area contributed by atoms with Gasteiger partial charge in [-0.15, -0.1) is 0 Å². The first-order valence-electron chi connectivity index (χ1n) is 4.36. The Balaban J connectivity index is 0.00000144. The minimum atomic E-state index is 0. The molecule has 2 rings (SSSR count). The summed E-state index contributed by atoms with van der Waals surface area (Å²) < 4.78 is 8.85. The fourth-order valence-corrected chi connectivity index (χ4v) is 3.61. The number of thioether (sulfide) groups is 1. The largest absolute Gasteiger partial charge is 1.00 e. The summed E-state index contributed by atoms with van der Waals surface area (Å²) in [6.45, 7) is 0. The number of nitrogens with zero attached hydrogens (tertiary/aromatic N) is 1. The Morgan fingerprint density at radius 1 is 1.41 bits per heavy atom. The van der Waals surface area contributed by atoms with E-state index in [1.54, 1.807) is 23.1 Å². The molecule has 0 aliphatic carbocycles. The number of hydrogen-bond donors (Lipinski definition) is 0. The molecule has 0 fully saturated rings. The normalized spacial score (nSPS) is 10.5. The van der Waals surface area contributed by atoms with Crippen molar-refractivity contribution in [2.45, 2.75) is 9.24 Å². The molecule has 0 bridgehead atoms. The van der Waals surface area contributed by atoms with Crippen LogP contribution in [0.15, 0.2) is 27.4 Å². The Morgan fingerprint density at radius 2 is 2.18 bits per heavy atom. The van der Waals surface area contributed by atoms with Crippen LogP contribution in [0.5, 0.6) is 0 Å². The Bertz CT molecular complexity index is 505. The molecular formula is C9H9NNaO3S3+. The molecule has 0 unspecified atom stereocenters. The topological polar surface area (TPSA) is 45.4 Å². The molecule has 0 amide bonds. The first-order chi connectivity index (χ1) is 7.76. The van der Waals surface area contributed by atoms with Gasteiger partial charge in [-0.05, 0) is 30.2 Å². The van der Waals surface area contributed by atoms with E-state index in [2.05, 4.69) is 20.2 Å². The number of hydrogen-bond acceptors (Lipinski definition) is 6. The molecule has 0 aliphatic heterocycles. The van der Waals surface area contributed by atoms with Gasteiger partial charge < -0.3 is 5.26 Å². The summed E-state index contributed by atoms with van der Waals surface area (Å²) in [6.07, 6.45) is 2.05.